The molecule has 1 aromatic heterocycles. The quantitative estimate of drug-likeness (QED) is 0.692. The number of carbonyl (C=O) groups is 1. The maximum absolute atomic E-state index is 11.8. The second kappa shape index (κ2) is 7.21. The van der Waals surface area contributed by atoms with Gasteiger partial charge in [0.05, 0.1) is 5.60 Å². The van der Waals surface area contributed by atoms with Crippen molar-refractivity contribution in [3.63, 3.8) is 0 Å². The van der Waals surface area contributed by atoms with Crippen LogP contribution in [0.15, 0.2) is 11.4 Å². The zero-order valence-electron chi connectivity index (χ0n) is 14.6. The van der Waals surface area contributed by atoms with Crippen molar-refractivity contribution in [3.8, 4) is 0 Å². The summed E-state index contributed by atoms with van der Waals surface area (Å²) in [5.41, 5.74) is 1.02. The number of ketones is 1. The molecule has 0 saturated heterocycles. The molecule has 4 heteroatoms. The first-order valence-electron chi connectivity index (χ1n) is 7.76. The van der Waals surface area contributed by atoms with E-state index < -0.39 is 9.76 Å². The van der Waals surface area contributed by atoms with Gasteiger partial charge in [-0.25, -0.2) is 0 Å². The third-order valence-corrected chi connectivity index (χ3v) is 6.22. The van der Waals surface area contributed by atoms with Gasteiger partial charge in [-0.15, -0.1) is 11.3 Å². The summed E-state index contributed by atoms with van der Waals surface area (Å²) in [5.74, 6) is 0.475. The zero-order valence-corrected chi connectivity index (χ0v) is 16.8. The van der Waals surface area contributed by atoms with Gasteiger partial charge in [-0.3, -0.25) is 4.79 Å². The third-order valence-electron chi connectivity index (χ3n) is 3.50. The van der Waals surface area contributed by atoms with Crippen LogP contribution in [-0.2, 0) is 21.2 Å². The molecule has 0 aromatic carbocycles. The predicted molar refractivity (Wildman–Crippen MR) is 94.9 cm³/mol. The molecule has 0 aliphatic heterocycles. The van der Waals surface area contributed by atoms with E-state index in [0.717, 1.165) is 6.42 Å². The van der Waals surface area contributed by atoms with Crippen LogP contribution in [0.3, 0.4) is 0 Å². The average molecular weight is 327 g/mol. The number of carbonyl (C=O) groups excluding carboxylic acids is 1. The van der Waals surface area contributed by atoms with Crippen molar-refractivity contribution in [1.29, 1.82) is 0 Å². The number of aryl methyl sites for hydroxylation is 1. The average Bonchev–Trinajstić information content (AvgIpc) is 2.81. The molecule has 1 heterocycles. The number of Topliss-reactive ketones (excluding diaryl/α,β-unsaturated/α-hetero) is 1. The molecule has 0 fully saturated rings. The topological polar surface area (TPSA) is 26.3 Å². The van der Waals surface area contributed by atoms with Gasteiger partial charge in [0.25, 0.3) is 0 Å². The van der Waals surface area contributed by atoms with Crippen LogP contribution in [0.2, 0.25) is 5.04 Å². The number of thiophene rings is 1. The van der Waals surface area contributed by atoms with Crippen LogP contribution in [0, 0.1) is 5.92 Å². The summed E-state index contributed by atoms with van der Waals surface area (Å²) in [7, 11) is -0.598. The first kappa shape index (κ1) is 18.6. The maximum atomic E-state index is 11.8. The second-order valence-electron chi connectivity index (χ2n) is 7.74. The number of rotatable bonds is 7. The van der Waals surface area contributed by atoms with Gasteiger partial charge in [-0.1, -0.05) is 34.6 Å². The Bertz CT molecular complexity index is 469. The van der Waals surface area contributed by atoms with Crippen molar-refractivity contribution in [2.24, 2.45) is 5.92 Å². The molecule has 0 bridgehead atoms. The highest BCUT2D eigenvalue weighted by Gasteiger charge is 2.27. The monoisotopic (exact) mass is 326 g/mol. The molecule has 1 rings (SSSR count). The summed E-state index contributed by atoms with van der Waals surface area (Å²) in [4.78, 5) is 13.1. The predicted octanol–water partition coefficient (Wildman–Crippen LogP) is 4.46. The summed E-state index contributed by atoms with van der Waals surface area (Å²) >= 11 is 1.75. The fraction of sp³-hybridized carbons (Fsp3) is 0.706. The SMILES string of the molecule is CC(C)C(=O)CCc1sccc1C(C)(C)O[SiH2]C(C)(C)C. The molecular weight excluding hydrogens is 296 g/mol. The van der Waals surface area contributed by atoms with Crippen molar-refractivity contribution in [2.75, 3.05) is 0 Å². The van der Waals surface area contributed by atoms with E-state index in [1.807, 2.05) is 13.8 Å². The Hall–Kier alpha value is -0.453. The Morgan fingerprint density at radius 2 is 1.90 bits per heavy atom. The van der Waals surface area contributed by atoms with Gasteiger partial charge in [0, 0.05) is 17.2 Å². The zero-order chi connectivity index (χ0) is 16.3. The molecule has 0 unspecified atom stereocenters. The van der Waals surface area contributed by atoms with Crippen molar-refractivity contribution in [1.82, 2.24) is 0 Å². The summed E-state index contributed by atoms with van der Waals surface area (Å²) in [6.45, 7) is 15.0. The lowest BCUT2D eigenvalue weighted by Crippen LogP contribution is -2.28. The van der Waals surface area contributed by atoms with Gasteiger partial charge >= 0.3 is 0 Å². The molecule has 0 aliphatic rings. The first-order chi connectivity index (χ1) is 9.53. The standard InChI is InChI=1S/C17H30O2SSi/c1-12(2)14(18)8-9-15-13(10-11-20-15)17(6,7)19-21-16(3,4)5/h10-12H,8-9,21H2,1-7H3. The Labute approximate surface area is 136 Å². The van der Waals surface area contributed by atoms with E-state index in [4.69, 9.17) is 4.43 Å². The fourth-order valence-electron chi connectivity index (χ4n) is 2.07. The molecular formula is C17H30O2SSi. The number of hydrogen-bond donors (Lipinski definition) is 0. The minimum Gasteiger partial charge on any atom is -0.415 e. The first-order valence-corrected chi connectivity index (χ1v) is 9.93. The van der Waals surface area contributed by atoms with Crippen LogP contribution >= 0.6 is 11.3 Å². The lowest BCUT2D eigenvalue weighted by molar-refractivity contribution is -0.121. The van der Waals surface area contributed by atoms with E-state index in [-0.39, 0.29) is 11.5 Å². The minimum absolute atomic E-state index is 0.131. The third kappa shape index (κ3) is 6.05. The highest BCUT2D eigenvalue weighted by atomic mass is 32.1. The largest absolute Gasteiger partial charge is 0.415 e. The molecule has 0 spiro atoms. The van der Waals surface area contributed by atoms with Crippen molar-refractivity contribution in [3.05, 3.63) is 21.9 Å². The van der Waals surface area contributed by atoms with Gasteiger partial charge in [0.1, 0.15) is 5.78 Å². The smallest absolute Gasteiger partial charge is 0.168 e. The lowest BCUT2D eigenvalue weighted by atomic mass is 9.96. The summed E-state index contributed by atoms with van der Waals surface area (Å²) in [6.07, 6.45) is 1.48. The summed E-state index contributed by atoms with van der Waals surface area (Å²) in [6, 6.07) is 2.16. The van der Waals surface area contributed by atoms with Crippen LogP contribution in [0.5, 0.6) is 0 Å². The molecule has 0 aliphatic carbocycles. The molecule has 120 valence electrons. The van der Waals surface area contributed by atoms with Crippen LogP contribution in [-0.4, -0.2) is 15.5 Å². The van der Waals surface area contributed by atoms with E-state index in [0.29, 0.717) is 17.2 Å². The molecule has 2 nitrogen and oxygen atoms in total. The highest BCUT2D eigenvalue weighted by molar-refractivity contribution is 7.10. The fourth-order valence-corrected chi connectivity index (χ4v) is 4.05. The summed E-state index contributed by atoms with van der Waals surface area (Å²) < 4.78 is 6.29. The Morgan fingerprint density at radius 1 is 1.29 bits per heavy atom. The van der Waals surface area contributed by atoms with Gasteiger partial charge < -0.3 is 4.43 Å². The van der Waals surface area contributed by atoms with Crippen molar-refractivity contribution in [2.45, 2.75) is 71.9 Å². The Balaban J connectivity index is 2.75. The van der Waals surface area contributed by atoms with E-state index in [1.54, 1.807) is 11.3 Å². The van der Waals surface area contributed by atoms with Crippen LogP contribution in [0.4, 0.5) is 0 Å². The van der Waals surface area contributed by atoms with Crippen molar-refractivity contribution >= 4 is 26.9 Å². The molecule has 21 heavy (non-hydrogen) atoms. The molecule has 0 amide bonds. The maximum Gasteiger partial charge on any atom is 0.168 e. The van der Waals surface area contributed by atoms with E-state index >= 15 is 0 Å². The van der Waals surface area contributed by atoms with E-state index in [2.05, 4.69) is 46.1 Å². The molecule has 0 saturated carbocycles. The normalized spacial score (nSPS) is 13.5. The summed E-state index contributed by atoms with van der Waals surface area (Å²) in [5, 5.41) is 2.41. The Morgan fingerprint density at radius 3 is 2.43 bits per heavy atom. The van der Waals surface area contributed by atoms with Crippen LogP contribution in [0.25, 0.3) is 0 Å². The molecule has 0 N–H and O–H groups in total. The van der Waals surface area contributed by atoms with Gasteiger partial charge in [0.2, 0.25) is 0 Å². The van der Waals surface area contributed by atoms with Gasteiger partial charge in [-0.05, 0) is 42.3 Å². The van der Waals surface area contributed by atoms with Gasteiger partial charge in [0.15, 0.2) is 9.76 Å². The van der Waals surface area contributed by atoms with Crippen LogP contribution in [0.1, 0.15) is 65.3 Å². The molecule has 0 radical (unpaired) electrons. The molecule has 0 atom stereocenters. The van der Waals surface area contributed by atoms with Crippen molar-refractivity contribution < 1.29 is 9.22 Å². The lowest BCUT2D eigenvalue weighted by Gasteiger charge is -2.30. The van der Waals surface area contributed by atoms with E-state index in [9.17, 15) is 4.79 Å². The van der Waals surface area contributed by atoms with Gasteiger partial charge in [-0.2, -0.15) is 0 Å². The second-order valence-corrected chi connectivity index (χ2v) is 11.4. The Kier molecular flexibility index (Phi) is 6.38. The molecule has 1 aromatic rings. The minimum atomic E-state index is -0.598. The van der Waals surface area contributed by atoms with Crippen LogP contribution < -0.4 is 0 Å². The number of hydrogen-bond acceptors (Lipinski definition) is 3. The van der Waals surface area contributed by atoms with E-state index in [1.165, 1.54) is 10.4 Å². The highest BCUT2D eigenvalue weighted by Crippen LogP contribution is 2.34.